The number of aryl methyl sites for hydroxylation is 1. The Morgan fingerprint density at radius 1 is 0.964 bits per heavy atom. The van der Waals surface area contributed by atoms with E-state index in [0.717, 1.165) is 23.1 Å². The van der Waals surface area contributed by atoms with Gasteiger partial charge in [-0.25, -0.2) is 4.98 Å². The highest BCUT2D eigenvalue weighted by Gasteiger charge is 2.19. The maximum absolute atomic E-state index is 6.45. The van der Waals surface area contributed by atoms with Gasteiger partial charge in [-0.3, -0.25) is 0 Å². The first-order chi connectivity index (χ1) is 13.7. The lowest BCUT2D eigenvalue weighted by Crippen LogP contribution is -2.09. The molecule has 0 spiro atoms. The summed E-state index contributed by atoms with van der Waals surface area (Å²) in [6.45, 7) is 2.71. The van der Waals surface area contributed by atoms with Crippen LogP contribution in [0.5, 0.6) is 0 Å². The van der Waals surface area contributed by atoms with Crippen molar-refractivity contribution in [1.29, 1.82) is 0 Å². The third-order valence-corrected chi connectivity index (χ3v) is 4.88. The number of hydrogen-bond donors (Lipinski definition) is 1. The molecule has 0 amide bonds. The van der Waals surface area contributed by atoms with Crippen molar-refractivity contribution < 1.29 is 0 Å². The molecule has 3 heterocycles. The molecule has 0 fully saturated rings. The number of nitrogens with zero attached hydrogens (tertiary/aromatic N) is 6. The summed E-state index contributed by atoms with van der Waals surface area (Å²) >= 11 is 0. The molecule has 3 aromatic heterocycles. The number of benzene rings is 2. The van der Waals surface area contributed by atoms with Crippen LogP contribution >= 0.6 is 0 Å². The smallest absolute Gasteiger partial charge is 0.179 e. The summed E-state index contributed by atoms with van der Waals surface area (Å²) < 4.78 is 3.77. The fourth-order valence-corrected chi connectivity index (χ4v) is 3.43. The van der Waals surface area contributed by atoms with Gasteiger partial charge in [0.1, 0.15) is 0 Å². The van der Waals surface area contributed by atoms with Crippen LogP contribution in [0.15, 0.2) is 60.7 Å². The molecule has 0 aliphatic heterocycles. The van der Waals surface area contributed by atoms with Crippen LogP contribution < -0.4 is 5.73 Å². The number of imidazole rings is 1. The number of fused-ring (bicyclic) bond motifs is 2. The minimum absolute atomic E-state index is 0.439. The molecule has 2 aromatic carbocycles. The lowest BCUT2D eigenvalue weighted by molar-refractivity contribution is 0.816. The van der Waals surface area contributed by atoms with Gasteiger partial charge in [0.15, 0.2) is 23.0 Å². The van der Waals surface area contributed by atoms with E-state index in [2.05, 4.69) is 38.1 Å². The van der Waals surface area contributed by atoms with E-state index >= 15 is 0 Å². The summed E-state index contributed by atoms with van der Waals surface area (Å²) in [5.74, 6) is 1.12. The van der Waals surface area contributed by atoms with Crippen molar-refractivity contribution in [3.63, 3.8) is 0 Å². The molecule has 0 atom stereocenters. The molecule has 7 heteroatoms. The predicted molar refractivity (Wildman–Crippen MR) is 109 cm³/mol. The highest BCUT2D eigenvalue weighted by atomic mass is 15.3. The zero-order chi connectivity index (χ0) is 19.1. The van der Waals surface area contributed by atoms with Crippen LogP contribution in [0.25, 0.3) is 28.2 Å². The summed E-state index contributed by atoms with van der Waals surface area (Å²) in [4.78, 5) is 4.81. The Morgan fingerprint density at radius 2 is 1.75 bits per heavy atom. The SMILES string of the molecule is CCc1cc2nnc(-c3nc4ccccc4n3Cc3ccccc3)c(N)n2n1. The van der Waals surface area contributed by atoms with Crippen molar-refractivity contribution in [1.82, 2.24) is 29.4 Å². The maximum Gasteiger partial charge on any atom is 0.179 e. The summed E-state index contributed by atoms with van der Waals surface area (Å²) in [7, 11) is 0. The lowest BCUT2D eigenvalue weighted by atomic mass is 10.2. The topological polar surface area (TPSA) is 86.9 Å². The van der Waals surface area contributed by atoms with Gasteiger partial charge in [-0.15, -0.1) is 10.2 Å². The van der Waals surface area contributed by atoms with Gasteiger partial charge < -0.3 is 10.3 Å². The van der Waals surface area contributed by atoms with Crippen LogP contribution in [-0.4, -0.2) is 29.4 Å². The van der Waals surface area contributed by atoms with Gasteiger partial charge in [0, 0.05) is 12.6 Å². The summed E-state index contributed by atoms with van der Waals surface area (Å²) in [5.41, 5.74) is 11.6. The number of anilines is 1. The molecule has 5 aromatic rings. The minimum Gasteiger partial charge on any atom is -0.382 e. The van der Waals surface area contributed by atoms with E-state index in [0.29, 0.717) is 29.5 Å². The molecule has 0 saturated heterocycles. The normalized spacial score (nSPS) is 11.5. The van der Waals surface area contributed by atoms with E-state index in [1.807, 2.05) is 49.4 Å². The third kappa shape index (κ3) is 2.60. The van der Waals surface area contributed by atoms with Gasteiger partial charge in [-0.1, -0.05) is 49.4 Å². The second kappa shape index (κ2) is 6.45. The third-order valence-electron chi connectivity index (χ3n) is 4.88. The van der Waals surface area contributed by atoms with Crippen molar-refractivity contribution in [2.45, 2.75) is 19.9 Å². The molecule has 28 heavy (non-hydrogen) atoms. The Morgan fingerprint density at radius 3 is 2.57 bits per heavy atom. The van der Waals surface area contributed by atoms with Crippen LogP contribution in [0.3, 0.4) is 0 Å². The number of hydrogen-bond acceptors (Lipinski definition) is 5. The van der Waals surface area contributed by atoms with Gasteiger partial charge in [0.05, 0.1) is 16.7 Å². The zero-order valence-corrected chi connectivity index (χ0v) is 15.4. The highest BCUT2D eigenvalue weighted by molar-refractivity contribution is 5.82. The molecular weight excluding hydrogens is 350 g/mol. The Hall–Kier alpha value is -3.74. The Labute approximate surface area is 161 Å². The average Bonchev–Trinajstić information content (AvgIpc) is 3.31. The van der Waals surface area contributed by atoms with Crippen LogP contribution in [-0.2, 0) is 13.0 Å². The molecule has 7 nitrogen and oxygen atoms in total. The standard InChI is InChI=1S/C21H19N7/c1-2-15-12-18-24-25-19(20(22)28(18)26-15)21-23-16-10-6-7-11-17(16)27(21)13-14-8-4-3-5-9-14/h3-12H,2,13,22H2,1H3. The molecule has 5 rings (SSSR count). The average molecular weight is 369 g/mol. The summed E-state index contributed by atoms with van der Waals surface area (Å²) in [6, 6.07) is 20.2. The van der Waals surface area contributed by atoms with Gasteiger partial charge >= 0.3 is 0 Å². The molecule has 0 bridgehead atoms. The molecule has 0 aliphatic carbocycles. The number of rotatable bonds is 4. The van der Waals surface area contributed by atoms with E-state index in [-0.39, 0.29) is 0 Å². The first-order valence-corrected chi connectivity index (χ1v) is 9.25. The fourth-order valence-electron chi connectivity index (χ4n) is 3.43. The Balaban J connectivity index is 1.73. The van der Waals surface area contributed by atoms with Gasteiger partial charge in [-0.2, -0.15) is 9.61 Å². The summed E-state index contributed by atoms with van der Waals surface area (Å²) in [5, 5.41) is 13.3. The Bertz CT molecular complexity index is 1280. The molecule has 0 aliphatic rings. The maximum atomic E-state index is 6.45. The van der Waals surface area contributed by atoms with E-state index in [4.69, 9.17) is 10.7 Å². The van der Waals surface area contributed by atoms with Crippen LogP contribution in [0, 0.1) is 0 Å². The quantitative estimate of drug-likeness (QED) is 0.525. The number of para-hydroxylation sites is 2. The number of nitrogens with two attached hydrogens (primary N) is 1. The molecule has 2 N–H and O–H groups in total. The van der Waals surface area contributed by atoms with Crippen LogP contribution in [0.4, 0.5) is 5.82 Å². The zero-order valence-electron chi connectivity index (χ0n) is 15.4. The van der Waals surface area contributed by atoms with E-state index in [9.17, 15) is 0 Å². The first-order valence-electron chi connectivity index (χ1n) is 9.25. The fraction of sp³-hybridized carbons (Fsp3) is 0.143. The van der Waals surface area contributed by atoms with Crippen LogP contribution in [0.1, 0.15) is 18.2 Å². The van der Waals surface area contributed by atoms with Gasteiger partial charge in [0.25, 0.3) is 0 Å². The Kier molecular flexibility index (Phi) is 3.79. The van der Waals surface area contributed by atoms with Crippen molar-refractivity contribution in [2.24, 2.45) is 0 Å². The minimum atomic E-state index is 0.439. The molecular formula is C21H19N7. The van der Waals surface area contributed by atoms with Crippen LogP contribution in [0.2, 0.25) is 0 Å². The largest absolute Gasteiger partial charge is 0.382 e. The van der Waals surface area contributed by atoms with Crippen molar-refractivity contribution in [3.05, 3.63) is 71.9 Å². The van der Waals surface area contributed by atoms with E-state index in [1.165, 1.54) is 5.56 Å². The number of nitrogen functional groups attached to an aromatic ring is 1. The molecule has 0 radical (unpaired) electrons. The van der Waals surface area contributed by atoms with Crippen molar-refractivity contribution in [3.8, 4) is 11.5 Å². The first kappa shape index (κ1) is 16.4. The highest BCUT2D eigenvalue weighted by Crippen LogP contribution is 2.28. The predicted octanol–water partition coefficient (Wildman–Crippen LogP) is 3.33. The van der Waals surface area contributed by atoms with Crippen molar-refractivity contribution >= 4 is 22.5 Å². The van der Waals surface area contributed by atoms with Gasteiger partial charge in [-0.05, 0) is 24.1 Å². The van der Waals surface area contributed by atoms with E-state index < -0.39 is 0 Å². The molecule has 138 valence electrons. The van der Waals surface area contributed by atoms with Gasteiger partial charge in [0.2, 0.25) is 0 Å². The van der Waals surface area contributed by atoms with E-state index in [1.54, 1.807) is 4.52 Å². The lowest BCUT2D eigenvalue weighted by Gasteiger charge is -2.10. The monoisotopic (exact) mass is 369 g/mol. The second-order valence-corrected chi connectivity index (χ2v) is 6.69. The molecule has 0 saturated carbocycles. The summed E-state index contributed by atoms with van der Waals surface area (Å²) in [6.07, 6.45) is 0.810. The number of aromatic nitrogens is 6. The second-order valence-electron chi connectivity index (χ2n) is 6.69. The van der Waals surface area contributed by atoms with Crippen molar-refractivity contribution in [2.75, 3.05) is 5.73 Å². The molecule has 0 unspecified atom stereocenters.